The molecule has 1 aromatic rings. The summed E-state index contributed by atoms with van der Waals surface area (Å²) in [6, 6.07) is 5.81. The van der Waals surface area contributed by atoms with Crippen LogP contribution in [0.3, 0.4) is 0 Å². The molecule has 0 aromatic heterocycles. The van der Waals surface area contributed by atoms with Gasteiger partial charge in [0.1, 0.15) is 0 Å². The Morgan fingerprint density at radius 1 is 1.45 bits per heavy atom. The lowest BCUT2D eigenvalue weighted by molar-refractivity contribution is -0.119. The third kappa shape index (κ3) is 2.96. The van der Waals surface area contributed by atoms with Crippen LogP contribution < -0.4 is 4.90 Å². The molecule has 1 aliphatic heterocycles. The third-order valence-corrected chi connectivity index (χ3v) is 4.45. The molecule has 0 saturated carbocycles. The van der Waals surface area contributed by atoms with Gasteiger partial charge in [-0.05, 0) is 56.4 Å². The summed E-state index contributed by atoms with van der Waals surface area (Å²) < 4.78 is 0. The Morgan fingerprint density at radius 3 is 2.80 bits per heavy atom. The van der Waals surface area contributed by atoms with Crippen molar-refractivity contribution in [3.63, 3.8) is 0 Å². The van der Waals surface area contributed by atoms with E-state index in [1.807, 2.05) is 23.1 Å². The van der Waals surface area contributed by atoms with Crippen LogP contribution in [0.4, 0.5) is 5.69 Å². The molecule has 4 heteroatoms. The summed E-state index contributed by atoms with van der Waals surface area (Å²) in [6.45, 7) is 6.44. The quantitative estimate of drug-likeness (QED) is 0.721. The summed E-state index contributed by atoms with van der Waals surface area (Å²) in [5.74, 6) is 1.06. The molecule has 2 rings (SSSR count). The fraction of sp³-hybridized carbons (Fsp3) is 0.562. The van der Waals surface area contributed by atoms with Gasteiger partial charge in [-0.1, -0.05) is 18.5 Å². The van der Waals surface area contributed by atoms with Crippen molar-refractivity contribution < 1.29 is 4.79 Å². The topological polar surface area (TPSA) is 20.3 Å². The van der Waals surface area contributed by atoms with Crippen molar-refractivity contribution in [1.82, 2.24) is 0 Å². The van der Waals surface area contributed by atoms with E-state index in [9.17, 15) is 4.79 Å². The van der Waals surface area contributed by atoms with Gasteiger partial charge in [0.2, 0.25) is 5.91 Å². The molecule has 1 atom stereocenters. The molecule has 1 amide bonds. The van der Waals surface area contributed by atoms with Crippen molar-refractivity contribution in [3.05, 3.63) is 28.8 Å². The van der Waals surface area contributed by atoms with Crippen LogP contribution >= 0.6 is 23.2 Å². The van der Waals surface area contributed by atoms with Crippen LogP contribution in [0.25, 0.3) is 0 Å². The zero-order valence-electron chi connectivity index (χ0n) is 12.2. The molecule has 0 saturated heterocycles. The van der Waals surface area contributed by atoms with E-state index >= 15 is 0 Å². The smallest absolute Gasteiger partial charge is 0.227 e. The highest BCUT2D eigenvalue weighted by atomic mass is 35.5. The van der Waals surface area contributed by atoms with Gasteiger partial charge in [0.25, 0.3) is 0 Å². The van der Waals surface area contributed by atoms with Crippen LogP contribution in [0.2, 0.25) is 5.02 Å². The number of amides is 1. The number of alkyl halides is 1. The maximum absolute atomic E-state index is 12.6. The first kappa shape index (κ1) is 15.7. The Hall–Kier alpha value is -0.730. The van der Waals surface area contributed by atoms with Crippen molar-refractivity contribution in [3.8, 4) is 0 Å². The van der Waals surface area contributed by atoms with Crippen LogP contribution in [0, 0.1) is 0 Å². The standard InChI is InChI=1S/C16H21Cl2NO/c1-11-10-16(2,3)19(15(20)5-4-8-17)14-7-6-12(18)9-13(11)14/h6-7,9,11H,4-5,8,10H2,1-3H3. The summed E-state index contributed by atoms with van der Waals surface area (Å²) in [5, 5.41) is 0.725. The zero-order valence-corrected chi connectivity index (χ0v) is 13.8. The van der Waals surface area contributed by atoms with E-state index in [0.717, 1.165) is 22.7 Å². The molecule has 20 heavy (non-hydrogen) atoms. The van der Waals surface area contributed by atoms with E-state index in [1.54, 1.807) is 0 Å². The number of rotatable bonds is 3. The number of benzene rings is 1. The van der Waals surface area contributed by atoms with Gasteiger partial charge in [-0.3, -0.25) is 4.79 Å². The second-order valence-corrected chi connectivity index (χ2v) is 6.96. The first-order chi connectivity index (χ1) is 9.36. The molecule has 0 radical (unpaired) electrons. The molecule has 1 unspecified atom stereocenters. The molecule has 2 nitrogen and oxygen atoms in total. The van der Waals surface area contributed by atoms with E-state index in [0.29, 0.717) is 24.6 Å². The molecular weight excluding hydrogens is 293 g/mol. The van der Waals surface area contributed by atoms with Gasteiger partial charge in [-0.15, -0.1) is 11.6 Å². The van der Waals surface area contributed by atoms with E-state index in [-0.39, 0.29) is 11.4 Å². The average Bonchev–Trinajstić information content (AvgIpc) is 2.36. The molecule has 0 spiro atoms. The zero-order chi connectivity index (χ0) is 14.9. The molecular formula is C16H21Cl2NO. The van der Waals surface area contributed by atoms with Gasteiger partial charge < -0.3 is 4.90 Å². The van der Waals surface area contributed by atoms with Crippen LogP contribution in [-0.4, -0.2) is 17.3 Å². The summed E-state index contributed by atoms with van der Waals surface area (Å²) in [5.41, 5.74) is 1.98. The summed E-state index contributed by atoms with van der Waals surface area (Å²) >= 11 is 11.8. The van der Waals surface area contributed by atoms with E-state index in [2.05, 4.69) is 20.8 Å². The molecule has 1 aliphatic rings. The molecule has 110 valence electrons. The highest BCUT2D eigenvalue weighted by Gasteiger charge is 2.39. The summed E-state index contributed by atoms with van der Waals surface area (Å²) in [7, 11) is 0. The molecule has 1 aromatic carbocycles. The molecule has 0 fully saturated rings. The Balaban J connectivity index is 2.43. The number of anilines is 1. The van der Waals surface area contributed by atoms with E-state index < -0.39 is 0 Å². The SMILES string of the molecule is CC1CC(C)(C)N(C(=O)CCCCl)c2ccc(Cl)cc21. The predicted octanol–water partition coefficient (Wildman–Crippen LogP) is 4.98. The Bertz CT molecular complexity index is 513. The van der Waals surface area contributed by atoms with Crippen LogP contribution in [0.1, 0.15) is 51.5 Å². The highest BCUT2D eigenvalue weighted by Crippen LogP contribution is 2.44. The van der Waals surface area contributed by atoms with Crippen molar-refractivity contribution in [2.45, 2.75) is 51.5 Å². The number of carbonyl (C=O) groups is 1. The Labute approximate surface area is 131 Å². The Morgan fingerprint density at radius 2 is 2.15 bits per heavy atom. The highest BCUT2D eigenvalue weighted by molar-refractivity contribution is 6.30. The molecule has 0 bridgehead atoms. The second-order valence-electron chi connectivity index (χ2n) is 6.14. The van der Waals surface area contributed by atoms with Crippen molar-refractivity contribution in [2.75, 3.05) is 10.8 Å². The first-order valence-corrected chi connectivity index (χ1v) is 7.96. The molecule has 1 heterocycles. The number of nitrogens with zero attached hydrogens (tertiary/aromatic N) is 1. The number of hydrogen-bond donors (Lipinski definition) is 0. The minimum atomic E-state index is -0.177. The van der Waals surface area contributed by atoms with Gasteiger partial charge >= 0.3 is 0 Å². The van der Waals surface area contributed by atoms with E-state index in [4.69, 9.17) is 23.2 Å². The van der Waals surface area contributed by atoms with Gasteiger partial charge in [0, 0.05) is 28.5 Å². The van der Waals surface area contributed by atoms with Crippen molar-refractivity contribution in [1.29, 1.82) is 0 Å². The summed E-state index contributed by atoms with van der Waals surface area (Å²) in [6.07, 6.45) is 2.14. The molecule has 0 aliphatic carbocycles. The number of hydrogen-bond acceptors (Lipinski definition) is 1. The predicted molar refractivity (Wildman–Crippen MR) is 86.0 cm³/mol. The van der Waals surface area contributed by atoms with Crippen LogP contribution in [0.5, 0.6) is 0 Å². The second kappa shape index (κ2) is 5.95. The number of fused-ring (bicyclic) bond motifs is 1. The van der Waals surface area contributed by atoms with Crippen molar-refractivity contribution >= 4 is 34.8 Å². The van der Waals surface area contributed by atoms with E-state index in [1.165, 1.54) is 0 Å². The van der Waals surface area contributed by atoms with Crippen LogP contribution in [0.15, 0.2) is 18.2 Å². The minimum Gasteiger partial charge on any atom is -0.307 e. The fourth-order valence-electron chi connectivity index (χ4n) is 3.20. The van der Waals surface area contributed by atoms with Gasteiger partial charge in [-0.25, -0.2) is 0 Å². The normalized spacial score (nSPS) is 20.6. The fourth-order valence-corrected chi connectivity index (χ4v) is 3.52. The van der Waals surface area contributed by atoms with Gasteiger partial charge in [0.15, 0.2) is 0 Å². The average molecular weight is 314 g/mol. The lowest BCUT2D eigenvalue weighted by Crippen LogP contribution is -2.51. The number of carbonyl (C=O) groups excluding carboxylic acids is 1. The Kier molecular flexibility index (Phi) is 4.66. The number of halogens is 2. The van der Waals surface area contributed by atoms with Crippen molar-refractivity contribution in [2.24, 2.45) is 0 Å². The van der Waals surface area contributed by atoms with Gasteiger partial charge in [0.05, 0.1) is 0 Å². The maximum Gasteiger partial charge on any atom is 0.227 e. The lowest BCUT2D eigenvalue weighted by Gasteiger charge is -2.46. The third-order valence-electron chi connectivity index (χ3n) is 3.95. The first-order valence-electron chi connectivity index (χ1n) is 7.05. The monoisotopic (exact) mass is 313 g/mol. The minimum absolute atomic E-state index is 0.145. The van der Waals surface area contributed by atoms with Gasteiger partial charge in [-0.2, -0.15) is 0 Å². The maximum atomic E-state index is 12.6. The summed E-state index contributed by atoms with van der Waals surface area (Å²) in [4.78, 5) is 14.5. The lowest BCUT2D eigenvalue weighted by atomic mass is 9.80. The van der Waals surface area contributed by atoms with Crippen LogP contribution in [-0.2, 0) is 4.79 Å². The molecule has 0 N–H and O–H groups in total. The largest absolute Gasteiger partial charge is 0.307 e.